The molecule has 1 unspecified atom stereocenters. The highest BCUT2D eigenvalue weighted by Gasteiger charge is 2.44. The molecular formula is C20H17N2O2S+. The molecule has 0 saturated heterocycles. The van der Waals surface area contributed by atoms with Crippen LogP contribution in [-0.4, -0.2) is 30.2 Å². The highest BCUT2D eigenvalue weighted by molar-refractivity contribution is 7.95. The van der Waals surface area contributed by atoms with Crippen LogP contribution in [0.5, 0.6) is 0 Å². The Kier molecular flexibility index (Phi) is 3.73. The quantitative estimate of drug-likeness (QED) is 0.722. The zero-order valence-corrected chi connectivity index (χ0v) is 14.8. The molecule has 0 aliphatic carbocycles. The summed E-state index contributed by atoms with van der Waals surface area (Å²) in [7, 11) is 3.43. The molecular weight excluding hydrogens is 332 g/mol. The molecule has 5 heteroatoms. The Morgan fingerprint density at radius 2 is 1.64 bits per heavy atom. The first-order valence-electron chi connectivity index (χ1n) is 7.99. The molecule has 25 heavy (non-hydrogen) atoms. The van der Waals surface area contributed by atoms with Crippen LogP contribution < -0.4 is 5.32 Å². The van der Waals surface area contributed by atoms with Crippen LogP contribution in [0.2, 0.25) is 0 Å². The van der Waals surface area contributed by atoms with Crippen LogP contribution in [0.3, 0.4) is 0 Å². The van der Waals surface area contributed by atoms with Gasteiger partial charge >= 0.3 is 0 Å². The van der Waals surface area contributed by atoms with Crippen molar-refractivity contribution >= 4 is 33.7 Å². The minimum absolute atomic E-state index is 0.0145. The Bertz CT molecular complexity index is 1010. The monoisotopic (exact) mass is 349 g/mol. The summed E-state index contributed by atoms with van der Waals surface area (Å²) in [5.41, 5.74) is 1.32. The van der Waals surface area contributed by atoms with Crippen molar-refractivity contribution in [2.75, 3.05) is 14.1 Å². The fraction of sp³-hybridized carbons (Fsp3) is 0.100. The second-order valence-corrected chi connectivity index (χ2v) is 7.82. The zero-order valence-electron chi connectivity index (χ0n) is 13.9. The number of amides is 2. The molecule has 1 heterocycles. The number of carbonyl (C=O) groups excluding carboxylic acids is 2. The van der Waals surface area contributed by atoms with E-state index in [-0.39, 0.29) is 11.8 Å². The molecule has 3 aromatic carbocycles. The summed E-state index contributed by atoms with van der Waals surface area (Å²) < 4.78 is 1.75. The lowest BCUT2D eigenvalue weighted by Crippen LogP contribution is -2.38. The van der Waals surface area contributed by atoms with Gasteiger partial charge in [-0.05, 0) is 29.7 Å². The van der Waals surface area contributed by atoms with E-state index in [9.17, 15) is 9.59 Å². The van der Waals surface area contributed by atoms with Gasteiger partial charge in [-0.1, -0.05) is 36.4 Å². The van der Waals surface area contributed by atoms with Crippen molar-refractivity contribution in [3.63, 3.8) is 0 Å². The van der Waals surface area contributed by atoms with Crippen LogP contribution in [-0.2, 0) is 11.1 Å². The SMILES string of the molecule is CNC(=O)c1ccccc1[S+]1c2cccc3cccc(c23)C(=O)N1C. The fourth-order valence-corrected chi connectivity index (χ4v) is 5.57. The summed E-state index contributed by atoms with van der Waals surface area (Å²) in [6, 6.07) is 19.4. The third kappa shape index (κ3) is 2.31. The smallest absolute Gasteiger partial charge is 0.296 e. The van der Waals surface area contributed by atoms with Gasteiger partial charge in [-0.3, -0.25) is 9.59 Å². The Morgan fingerprint density at radius 1 is 0.960 bits per heavy atom. The molecule has 1 aliphatic heterocycles. The van der Waals surface area contributed by atoms with Crippen LogP contribution in [0.4, 0.5) is 0 Å². The number of hydrogen-bond acceptors (Lipinski definition) is 2. The van der Waals surface area contributed by atoms with Gasteiger partial charge in [0.25, 0.3) is 11.8 Å². The van der Waals surface area contributed by atoms with Crippen molar-refractivity contribution in [2.45, 2.75) is 9.79 Å². The molecule has 4 nitrogen and oxygen atoms in total. The average Bonchev–Trinajstić information content (AvgIpc) is 2.66. The Hall–Kier alpha value is -2.79. The van der Waals surface area contributed by atoms with Gasteiger partial charge in [-0.2, -0.15) is 0 Å². The topological polar surface area (TPSA) is 49.4 Å². The maximum absolute atomic E-state index is 13.0. The van der Waals surface area contributed by atoms with Gasteiger partial charge in [0.2, 0.25) is 4.90 Å². The molecule has 124 valence electrons. The van der Waals surface area contributed by atoms with Gasteiger partial charge in [0.05, 0.1) is 23.6 Å². The summed E-state index contributed by atoms with van der Waals surface area (Å²) >= 11 is -0.642. The number of hydrogen-bond donors (Lipinski definition) is 1. The number of benzene rings is 3. The van der Waals surface area contributed by atoms with Crippen molar-refractivity contribution in [3.8, 4) is 0 Å². The second-order valence-electron chi connectivity index (χ2n) is 5.82. The van der Waals surface area contributed by atoms with Gasteiger partial charge in [0.15, 0.2) is 16.0 Å². The Labute approximate surface area is 148 Å². The molecule has 1 N–H and O–H groups in total. The standard InChI is InChI=1S/C20H16N2O2S/c1-21-19(23)14-9-3-4-11-16(14)25-17-12-6-8-13-7-5-10-15(18(13)17)20(24)22(25)2/h3-12H,1-2H3/p+1. The maximum Gasteiger partial charge on any atom is 0.296 e. The lowest BCUT2D eigenvalue weighted by Gasteiger charge is -2.25. The summed E-state index contributed by atoms with van der Waals surface area (Å²) in [6.45, 7) is 0. The third-order valence-electron chi connectivity index (χ3n) is 4.43. The van der Waals surface area contributed by atoms with Gasteiger partial charge in [0.1, 0.15) is 0 Å². The molecule has 1 atom stereocenters. The van der Waals surface area contributed by atoms with Crippen LogP contribution >= 0.6 is 0 Å². The number of nitrogens with one attached hydrogen (secondary N) is 1. The van der Waals surface area contributed by atoms with Crippen LogP contribution in [0, 0.1) is 0 Å². The molecule has 0 spiro atoms. The fourth-order valence-electron chi connectivity index (χ4n) is 3.27. The van der Waals surface area contributed by atoms with E-state index in [0.29, 0.717) is 5.56 Å². The summed E-state index contributed by atoms with van der Waals surface area (Å²) in [5.74, 6) is -0.158. The molecule has 2 amide bonds. The Morgan fingerprint density at radius 3 is 2.40 bits per heavy atom. The highest BCUT2D eigenvalue weighted by Crippen LogP contribution is 2.39. The van der Waals surface area contributed by atoms with E-state index in [1.807, 2.05) is 48.5 Å². The third-order valence-corrected chi connectivity index (χ3v) is 6.68. The van der Waals surface area contributed by atoms with E-state index >= 15 is 0 Å². The molecule has 0 bridgehead atoms. The zero-order chi connectivity index (χ0) is 17.6. The first-order valence-corrected chi connectivity index (χ1v) is 9.17. The largest absolute Gasteiger partial charge is 0.355 e. The van der Waals surface area contributed by atoms with E-state index in [0.717, 1.165) is 26.1 Å². The second kappa shape index (κ2) is 5.93. The van der Waals surface area contributed by atoms with Crippen LogP contribution in [0.1, 0.15) is 20.7 Å². The maximum atomic E-state index is 13.0. The minimum atomic E-state index is -0.642. The molecule has 0 saturated carbocycles. The predicted molar refractivity (Wildman–Crippen MR) is 99.8 cm³/mol. The molecule has 4 rings (SSSR count). The molecule has 1 aliphatic rings. The van der Waals surface area contributed by atoms with Crippen molar-refractivity contribution in [1.82, 2.24) is 9.62 Å². The first-order chi connectivity index (χ1) is 12.1. The number of carbonyl (C=O) groups is 2. The van der Waals surface area contributed by atoms with Crippen molar-refractivity contribution in [3.05, 3.63) is 71.8 Å². The lowest BCUT2D eigenvalue weighted by atomic mass is 10.0. The van der Waals surface area contributed by atoms with Gasteiger partial charge in [-0.25, -0.2) is 0 Å². The van der Waals surface area contributed by atoms with Crippen LogP contribution in [0.15, 0.2) is 70.5 Å². The van der Waals surface area contributed by atoms with Gasteiger partial charge < -0.3 is 5.32 Å². The minimum Gasteiger partial charge on any atom is -0.355 e. The van der Waals surface area contributed by atoms with E-state index in [2.05, 4.69) is 11.4 Å². The van der Waals surface area contributed by atoms with E-state index < -0.39 is 11.1 Å². The van der Waals surface area contributed by atoms with Gasteiger partial charge in [0, 0.05) is 7.05 Å². The molecule has 0 fully saturated rings. The van der Waals surface area contributed by atoms with E-state index in [4.69, 9.17) is 0 Å². The van der Waals surface area contributed by atoms with E-state index in [1.165, 1.54) is 0 Å². The normalized spacial score (nSPS) is 16.2. The first kappa shape index (κ1) is 15.7. The Balaban J connectivity index is 2.03. The lowest BCUT2D eigenvalue weighted by molar-refractivity contribution is 0.0886. The number of nitrogens with zero attached hydrogens (tertiary/aromatic N) is 1. The van der Waals surface area contributed by atoms with Crippen molar-refractivity contribution in [1.29, 1.82) is 0 Å². The summed E-state index contributed by atoms with van der Waals surface area (Å²) in [5, 5.41) is 4.73. The molecule has 0 aromatic heterocycles. The van der Waals surface area contributed by atoms with Gasteiger partial charge in [-0.15, -0.1) is 4.31 Å². The summed E-state index contributed by atoms with van der Waals surface area (Å²) in [6.07, 6.45) is 0. The van der Waals surface area contributed by atoms with Crippen LogP contribution in [0.25, 0.3) is 10.8 Å². The molecule has 0 radical (unpaired) electrons. The van der Waals surface area contributed by atoms with Crippen molar-refractivity contribution in [2.24, 2.45) is 0 Å². The molecule has 3 aromatic rings. The summed E-state index contributed by atoms with van der Waals surface area (Å²) in [4.78, 5) is 27.2. The predicted octanol–water partition coefficient (Wildman–Crippen LogP) is 3.24. The number of rotatable bonds is 2. The van der Waals surface area contributed by atoms with Crippen molar-refractivity contribution < 1.29 is 9.59 Å². The average molecular weight is 349 g/mol. The van der Waals surface area contributed by atoms with E-state index in [1.54, 1.807) is 24.5 Å². The highest BCUT2D eigenvalue weighted by atomic mass is 32.2.